The summed E-state index contributed by atoms with van der Waals surface area (Å²) in [6, 6.07) is 9.82. The predicted molar refractivity (Wildman–Crippen MR) is 74.0 cm³/mol. The van der Waals surface area contributed by atoms with E-state index in [0.717, 1.165) is 11.3 Å². The zero-order valence-electron chi connectivity index (χ0n) is 10.2. The van der Waals surface area contributed by atoms with Crippen LogP contribution in [0.4, 0.5) is 5.69 Å². The number of thiophene rings is 1. The first kappa shape index (κ1) is 13.9. The average molecular weight is 299 g/mol. The Morgan fingerprint density at radius 1 is 1.26 bits per heavy atom. The highest BCUT2D eigenvalue weighted by atomic mass is 32.2. The van der Waals surface area contributed by atoms with E-state index in [-0.39, 0.29) is 10.8 Å². The van der Waals surface area contributed by atoms with Crippen LogP contribution in [0.1, 0.15) is 4.88 Å². The van der Waals surface area contributed by atoms with Crippen LogP contribution in [0.3, 0.4) is 0 Å². The van der Waals surface area contributed by atoms with Gasteiger partial charge in [-0.25, -0.2) is 8.42 Å². The van der Waals surface area contributed by atoms with Gasteiger partial charge >= 0.3 is 0 Å². The second-order valence-corrected chi connectivity index (χ2v) is 6.76. The third-order valence-corrected chi connectivity index (χ3v) is 5.34. The van der Waals surface area contributed by atoms with Crippen LogP contribution in [0.25, 0.3) is 0 Å². The van der Waals surface area contributed by atoms with Crippen LogP contribution in [0, 0.1) is 0 Å². The largest absolute Gasteiger partial charge is 0.495 e. The van der Waals surface area contributed by atoms with E-state index in [1.54, 1.807) is 30.3 Å². The van der Waals surface area contributed by atoms with E-state index in [1.165, 1.54) is 13.2 Å². The number of aliphatic hydroxyl groups is 1. The van der Waals surface area contributed by atoms with Crippen LogP contribution in [-0.4, -0.2) is 20.6 Å². The van der Waals surface area contributed by atoms with Crippen molar-refractivity contribution in [1.82, 2.24) is 0 Å². The van der Waals surface area contributed by atoms with Crippen molar-refractivity contribution in [3.05, 3.63) is 41.3 Å². The van der Waals surface area contributed by atoms with Crippen LogP contribution in [0.2, 0.25) is 0 Å². The minimum Gasteiger partial charge on any atom is -0.495 e. The number of sulfonamides is 1. The van der Waals surface area contributed by atoms with Crippen molar-refractivity contribution in [3.8, 4) is 5.75 Å². The first-order valence-electron chi connectivity index (χ1n) is 5.42. The molecule has 19 heavy (non-hydrogen) atoms. The Hall–Kier alpha value is -1.57. The van der Waals surface area contributed by atoms with Crippen LogP contribution in [-0.2, 0) is 16.6 Å². The number of rotatable bonds is 5. The zero-order chi connectivity index (χ0) is 13.9. The fourth-order valence-electron chi connectivity index (χ4n) is 1.51. The predicted octanol–water partition coefficient (Wildman–Crippen LogP) is 2.05. The molecule has 2 N–H and O–H groups in total. The number of nitrogens with one attached hydrogen (secondary N) is 1. The summed E-state index contributed by atoms with van der Waals surface area (Å²) in [5, 5.41) is 8.96. The van der Waals surface area contributed by atoms with Gasteiger partial charge in [0.1, 0.15) is 9.96 Å². The van der Waals surface area contributed by atoms with Crippen molar-refractivity contribution in [2.75, 3.05) is 11.8 Å². The number of benzene rings is 1. The first-order valence-corrected chi connectivity index (χ1v) is 7.72. The summed E-state index contributed by atoms with van der Waals surface area (Å²) in [7, 11) is -2.18. The molecule has 0 spiro atoms. The van der Waals surface area contributed by atoms with E-state index < -0.39 is 10.0 Å². The highest BCUT2D eigenvalue weighted by molar-refractivity contribution is 7.94. The molecule has 0 radical (unpaired) electrons. The molecule has 0 aliphatic carbocycles. The third kappa shape index (κ3) is 3.06. The first-order chi connectivity index (χ1) is 9.06. The minimum absolute atomic E-state index is 0.155. The Balaban J connectivity index is 2.31. The van der Waals surface area contributed by atoms with Crippen molar-refractivity contribution in [3.63, 3.8) is 0 Å². The Morgan fingerprint density at radius 2 is 2.00 bits per heavy atom. The Labute approximate surface area is 115 Å². The lowest BCUT2D eigenvalue weighted by Gasteiger charge is -2.10. The Morgan fingerprint density at radius 3 is 2.63 bits per heavy atom. The molecule has 0 aliphatic heterocycles. The summed E-state index contributed by atoms with van der Waals surface area (Å²) in [4.78, 5) is 0.598. The van der Waals surface area contributed by atoms with Gasteiger partial charge in [0, 0.05) is 4.88 Å². The van der Waals surface area contributed by atoms with Gasteiger partial charge in [0.25, 0.3) is 10.0 Å². The quantitative estimate of drug-likeness (QED) is 0.886. The Kier molecular flexibility index (Phi) is 4.08. The molecule has 0 saturated heterocycles. The van der Waals surface area contributed by atoms with Gasteiger partial charge < -0.3 is 9.84 Å². The molecule has 0 saturated carbocycles. The maximum absolute atomic E-state index is 12.2. The number of methoxy groups -OCH3 is 1. The maximum atomic E-state index is 12.2. The minimum atomic E-state index is -3.66. The molecule has 0 atom stereocenters. The van der Waals surface area contributed by atoms with Crippen LogP contribution < -0.4 is 9.46 Å². The molecule has 1 heterocycles. The zero-order valence-corrected chi connectivity index (χ0v) is 11.8. The summed E-state index contributed by atoms with van der Waals surface area (Å²) >= 11 is 1.03. The molecular weight excluding hydrogens is 286 g/mol. The lowest BCUT2D eigenvalue weighted by molar-refractivity contribution is 0.285. The molecular formula is C12H13NO4S2. The fraction of sp³-hybridized carbons (Fsp3) is 0.167. The number of anilines is 1. The van der Waals surface area contributed by atoms with E-state index in [2.05, 4.69) is 4.72 Å². The number of hydrogen-bond donors (Lipinski definition) is 2. The van der Waals surface area contributed by atoms with Crippen LogP contribution in [0.5, 0.6) is 5.75 Å². The third-order valence-electron chi connectivity index (χ3n) is 2.41. The van der Waals surface area contributed by atoms with Gasteiger partial charge in [-0.2, -0.15) is 0 Å². The van der Waals surface area contributed by atoms with Gasteiger partial charge in [0.2, 0.25) is 0 Å². The molecule has 102 valence electrons. The Bertz CT molecular complexity index is 664. The lowest BCUT2D eigenvalue weighted by Crippen LogP contribution is -2.12. The number of hydrogen-bond acceptors (Lipinski definition) is 5. The molecule has 2 rings (SSSR count). The van der Waals surface area contributed by atoms with Crippen molar-refractivity contribution in [2.45, 2.75) is 10.8 Å². The van der Waals surface area contributed by atoms with Crippen molar-refractivity contribution < 1.29 is 18.3 Å². The summed E-state index contributed by atoms with van der Waals surface area (Å²) in [5.74, 6) is 0.449. The van der Waals surface area contributed by atoms with Crippen LogP contribution in [0.15, 0.2) is 40.6 Å². The molecule has 1 aromatic carbocycles. The molecule has 0 aliphatic rings. The van der Waals surface area contributed by atoms with E-state index in [0.29, 0.717) is 16.3 Å². The van der Waals surface area contributed by atoms with Gasteiger partial charge in [0.15, 0.2) is 0 Å². The molecule has 0 bridgehead atoms. The lowest BCUT2D eigenvalue weighted by atomic mass is 10.3. The topological polar surface area (TPSA) is 75.6 Å². The molecule has 2 aromatic rings. The van der Waals surface area contributed by atoms with Gasteiger partial charge in [0.05, 0.1) is 19.4 Å². The average Bonchev–Trinajstić information content (AvgIpc) is 2.88. The fourth-order valence-corrected chi connectivity index (χ4v) is 3.80. The number of ether oxygens (including phenoxy) is 1. The summed E-state index contributed by atoms with van der Waals surface area (Å²) < 4.78 is 32.0. The van der Waals surface area contributed by atoms with Gasteiger partial charge in [-0.15, -0.1) is 11.3 Å². The maximum Gasteiger partial charge on any atom is 0.271 e. The van der Waals surface area contributed by atoms with E-state index in [1.807, 2.05) is 0 Å². The van der Waals surface area contributed by atoms with Crippen molar-refractivity contribution in [1.29, 1.82) is 0 Å². The monoisotopic (exact) mass is 299 g/mol. The van der Waals surface area contributed by atoms with E-state index in [4.69, 9.17) is 9.84 Å². The van der Waals surface area contributed by atoms with Crippen molar-refractivity contribution >= 4 is 27.0 Å². The normalized spacial score (nSPS) is 11.3. The van der Waals surface area contributed by atoms with E-state index >= 15 is 0 Å². The summed E-state index contributed by atoms with van der Waals surface area (Å²) in [5.41, 5.74) is 0.379. The summed E-state index contributed by atoms with van der Waals surface area (Å²) in [6.45, 7) is -0.172. The molecule has 0 fully saturated rings. The molecule has 1 aromatic heterocycles. The molecule has 0 unspecified atom stereocenters. The van der Waals surface area contributed by atoms with Gasteiger partial charge in [-0.05, 0) is 24.3 Å². The smallest absolute Gasteiger partial charge is 0.271 e. The standard InChI is InChI=1S/C12H13NO4S2/c1-17-11-5-3-2-4-10(11)13-19(15,16)12-7-6-9(8-14)18-12/h2-7,13-14H,8H2,1H3. The SMILES string of the molecule is COc1ccccc1NS(=O)(=O)c1ccc(CO)s1. The second-order valence-electron chi connectivity index (χ2n) is 3.68. The molecule has 0 amide bonds. The van der Waals surface area contributed by atoms with Gasteiger partial charge in [-0.3, -0.25) is 4.72 Å². The number of para-hydroxylation sites is 2. The second kappa shape index (κ2) is 5.60. The van der Waals surface area contributed by atoms with Crippen molar-refractivity contribution in [2.24, 2.45) is 0 Å². The van der Waals surface area contributed by atoms with E-state index in [9.17, 15) is 8.42 Å². The highest BCUT2D eigenvalue weighted by Crippen LogP contribution is 2.28. The van der Waals surface area contributed by atoms with Crippen LogP contribution >= 0.6 is 11.3 Å². The van der Waals surface area contributed by atoms with Gasteiger partial charge in [-0.1, -0.05) is 12.1 Å². The molecule has 5 nitrogen and oxygen atoms in total. The molecule has 7 heteroatoms. The number of aliphatic hydroxyl groups excluding tert-OH is 1. The summed E-state index contributed by atoms with van der Waals surface area (Å²) in [6.07, 6.45) is 0. The highest BCUT2D eigenvalue weighted by Gasteiger charge is 2.18.